The lowest BCUT2D eigenvalue weighted by molar-refractivity contribution is 0.0685. The van der Waals surface area contributed by atoms with Gasteiger partial charge in [0.05, 0.1) is 12.7 Å². The third kappa shape index (κ3) is 2.13. The summed E-state index contributed by atoms with van der Waals surface area (Å²) in [6, 6.07) is 0.634. The molecule has 0 bridgehead atoms. The zero-order valence-corrected chi connectivity index (χ0v) is 10.2. The molecule has 1 unspecified atom stereocenters. The first-order chi connectivity index (χ1) is 8.74. The van der Waals surface area contributed by atoms with Gasteiger partial charge in [-0.1, -0.05) is 5.16 Å². The molecule has 0 spiro atoms. The molecule has 1 aromatic rings. The number of rotatable bonds is 3. The lowest BCUT2D eigenvalue weighted by atomic mass is 10.1. The summed E-state index contributed by atoms with van der Waals surface area (Å²) < 4.78 is 5.05. The maximum Gasteiger partial charge on any atom is 0.341 e. The number of hydrogen-bond donors (Lipinski definition) is 1. The Labute approximate surface area is 105 Å². The summed E-state index contributed by atoms with van der Waals surface area (Å²) in [6.45, 7) is 4.80. The van der Waals surface area contributed by atoms with E-state index in [2.05, 4.69) is 15.0 Å². The van der Waals surface area contributed by atoms with Gasteiger partial charge in [-0.2, -0.15) is 0 Å². The van der Waals surface area contributed by atoms with E-state index in [1.165, 1.54) is 25.6 Å². The van der Waals surface area contributed by atoms with Crippen LogP contribution in [0.3, 0.4) is 0 Å². The van der Waals surface area contributed by atoms with Crippen LogP contribution in [0.25, 0.3) is 0 Å². The SMILES string of the molecule is O=C(O)c1cnoc1CN1CCN2CCCC2C1. The average Bonchev–Trinajstić information content (AvgIpc) is 2.96. The average molecular weight is 251 g/mol. The molecule has 98 valence electrons. The first-order valence-corrected chi connectivity index (χ1v) is 6.37. The van der Waals surface area contributed by atoms with Crippen LogP contribution in [0, 0.1) is 0 Å². The maximum absolute atomic E-state index is 11.0. The van der Waals surface area contributed by atoms with Crippen molar-refractivity contribution < 1.29 is 14.4 Å². The Hall–Kier alpha value is -1.40. The maximum atomic E-state index is 11.0. The van der Waals surface area contributed by atoms with Gasteiger partial charge in [0, 0.05) is 25.7 Å². The smallest absolute Gasteiger partial charge is 0.341 e. The molecule has 2 aliphatic heterocycles. The fraction of sp³-hybridized carbons (Fsp3) is 0.667. The topological polar surface area (TPSA) is 69.8 Å². The van der Waals surface area contributed by atoms with Gasteiger partial charge in [0.25, 0.3) is 0 Å². The molecule has 6 nitrogen and oxygen atoms in total. The predicted octanol–water partition coefficient (Wildman–Crippen LogP) is 0.653. The van der Waals surface area contributed by atoms with Gasteiger partial charge in [-0.05, 0) is 19.4 Å². The Kier molecular flexibility index (Phi) is 3.05. The van der Waals surface area contributed by atoms with E-state index in [1.54, 1.807) is 0 Å². The molecule has 1 atom stereocenters. The van der Waals surface area contributed by atoms with E-state index in [4.69, 9.17) is 9.63 Å². The van der Waals surface area contributed by atoms with Crippen LogP contribution in [0.15, 0.2) is 10.7 Å². The highest BCUT2D eigenvalue weighted by atomic mass is 16.5. The summed E-state index contributed by atoms with van der Waals surface area (Å²) in [7, 11) is 0. The van der Waals surface area contributed by atoms with Crippen molar-refractivity contribution in [2.45, 2.75) is 25.4 Å². The molecule has 0 saturated carbocycles. The van der Waals surface area contributed by atoms with Crippen molar-refractivity contribution in [2.24, 2.45) is 0 Å². The number of aromatic carboxylic acids is 1. The van der Waals surface area contributed by atoms with E-state index < -0.39 is 5.97 Å². The molecular weight excluding hydrogens is 234 g/mol. The van der Waals surface area contributed by atoms with Crippen LogP contribution in [0.2, 0.25) is 0 Å². The third-order valence-electron chi connectivity index (χ3n) is 3.91. The molecule has 3 rings (SSSR count). The first-order valence-electron chi connectivity index (χ1n) is 6.37. The van der Waals surface area contributed by atoms with Crippen molar-refractivity contribution in [1.29, 1.82) is 0 Å². The number of hydrogen-bond acceptors (Lipinski definition) is 5. The molecule has 1 N–H and O–H groups in total. The van der Waals surface area contributed by atoms with Crippen LogP contribution in [-0.2, 0) is 6.54 Å². The molecule has 2 saturated heterocycles. The monoisotopic (exact) mass is 251 g/mol. The minimum absolute atomic E-state index is 0.184. The molecule has 2 fully saturated rings. The molecule has 0 aromatic carbocycles. The second kappa shape index (κ2) is 4.70. The van der Waals surface area contributed by atoms with E-state index in [0.29, 0.717) is 18.3 Å². The van der Waals surface area contributed by atoms with Gasteiger partial charge in [-0.3, -0.25) is 9.80 Å². The van der Waals surface area contributed by atoms with Crippen molar-refractivity contribution in [3.05, 3.63) is 17.5 Å². The zero-order chi connectivity index (χ0) is 12.5. The fourth-order valence-corrected chi connectivity index (χ4v) is 2.95. The normalized spacial score (nSPS) is 25.2. The van der Waals surface area contributed by atoms with Gasteiger partial charge in [0.1, 0.15) is 5.56 Å². The van der Waals surface area contributed by atoms with Crippen molar-refractivity contribution in [3.63, 3.8) is 0 Å². The highest BCUT2D eigenvalue weighted by Crippen LogP contribution is 2.23. The summed E-state index contributed by atoms with van der Waals surface area (Å²) >= 11 is 0. The second-order valence-corrected chi connectivity index (χ2v) is 5.03. The van der Waals surface area contributed by atoms with Crippen LogP contribution in [-0.4, -0.2) is 58.3 Å². The minimum Gasteiger partial charge on any atom is -0.478 e. The molecule has 6 heteroatoms. The van der Waals surface area contributed by atoms with Crippen LogP contribution in [0.1, 0.15) is 29.0 Å². The Morgan fingerprint density at radius 1 is 1.50 bits per heavy atom. The van der Waals surface area contributed by atoms with Gasteiger partial charge in [-0.15, -0.1) is 0 Å². The lowest BCUT2D eigenvalue weighted by Gasteiger charge is -2.36. The molecule has 18 heavy (non-hydrogen) atoms. The highest BCUT2D eigenvalue weighted by Gasteiger charge is 2.31. The van der Waals surface area contributed by atoms with Crippen LogP contribution < -0.4 is 0 Å². The third-order valence-corrected chi connectivity index (χ3v) is 3.91. The minimum atomic E-state index is -0.967. The van der Waals surface area contributed by atoms with Crippen molar-refractivity contribution in [3.8, 4) is 0 Å². The summed E-state index contributed by atoms with van der Waals surface area (Å²) in [5.41, 5.74) is 0.184. The fourth-order valence-electron chi connectivity index (χ4n) is 2.95. The molecular formula is C12H17N3O3. The Morgan fingerprint density at radius 2 is 2.39 bits per heavy atom. The van der Waals surface area contributed by atoms with E-state index in [-0.39, 0.29) is 5.56 Å². The highest BCUT2D eigenvalue weighted by molar-refractivity contribution is 5.88. The van der Waals surface area contributed by atoms with E-state index >= 15 is 0 Å². The molecule has 0 aliphatic carbocycles. The lowest BCUT2D eigenvalue weighted by Crippen LogP contribution is -2.49. The molecule has 3 heterocycles. The number of piperazine rings is 1. The molecule has 1 aromatic heterocycles. The molecule has 0 amide bonds. The standard InChI is InChI=1S/C12H17N3O3/c16-12(17)10-6-13-18-11(10)8-14-4-5-15-3-1-2-9(15)7-14/h6,9H,1-5,7-8H2,(H,16,17). The number of carbonyl (C=O) groups is 1. The summed E-state index contributed by atoms with van der Waals surface area (Å²) in [5.74, 6) is -0.500. The number of nitrogens with zero attached hydrogens (tertiary/aromatic N) is 3. The quantitative estimate of drug-likeness (QED) is 0.850. The Bertz CT molecular complexity index is 446. The number of aromatic nitrogens is 1. The first kappa shape index (κ1) is 11.7. The molecule has 2 aliphatic rings. The summed E-state index contributed by atoms with van der Waals surface area (Å²) in [5, 5.41) is 12.6. The largest absolute Gasteiger partial charge is 0.478 e. The van der Waals surface area contributed by atoms with Crippen molar-refractivity contribution in [1.82, 2.24) is 15.0 Å². The zero-order valence-electron chi connectivity index (χ0n) is 10.2. The number of fused-ring (bicyclic) bond motifs is 1. The number of carboxylic acids is 1. The van der Waals surface area contributed by atoms with Gasteiger partial charge in [0.15, 0.2) is 5.76 Å². The Balaban J connectivity index is 1.66. The van der Waals surface area contributed by atoms with E-state index in [9.17, 15) is 4.79 Å². The van der Waals surface area contributed by atoms with E-state index in [0.717, 1.165) is 19.6 Å². The Morgan fingerprint density at radius 3 is 3.22 bits per heavy atom. The van der Waals surface area contributed by atoms with Crippen LogP contribution in [0.5, 0.6) is 0 Å². The summed E-state index contributed by atoms with van der Waals surface area (Å²) in [6.07, 6.45) is 3.81. The van der Waals surface area contributed by atoms with Crippen molar-refractivity contribution >= 4 is 5.97 Å². The van der Waals surface area contributed by atoms with Crippen LogP contribution in [0.4, 0.5) is 0 Å². The van der Waals surface area contributed by atoms with Crippen LogP contribution >= 0.6 is 0 Å². The van der Waals surface area contributed by atoms with E-state index in [1.807, 2.05) is 0 Å². The van der Waals surface area contributed by atoms with Gasteiger partial charge in [-0.25, -0.2) is 4.79 Å². The summed E-state index contributed by atoms with van der Waals surface area (Å²) in [4.78, 5) is 15.8. The van der Waals surface area contributed by atoms with Crippen molar-refractivity contribution in [2.75, 3.05) is 26.2 Å². The predicted molar refractivity (Wildman–Crippen MR) is 63.3 cm³/mol. The van der Waals surface area contributed by atoms with Gasteiger partial charge < -0.3 is 9.63 Å². The number of carboxylic acid groups (broad SMARTS) is 1. The van der Waals surface area contributed by atoms with Gasteiger partial charge in [0.2, 0.25) is 0 Å². The molecule has 0 radical (unpaired) electrons. The second-order valence-electron chi connectivity index (χ2n) is 5.03. The van der Waals surface area contributed by atoms with Gasteiger partial charge >= 0.3 is 5.97 Å².